The number of para-hydroxylation sites is 2. The van der Waals surface area contributed by atoms with E-state index in [2.05, 4.69) is 35.2 Å². The molecule has 1 aliphatic rings. The van der Waals surface area contributed by atoms with Crippen molar-refractivity contribution >= 4 is 22.8 Å². The van der Waals surface area contributed by atoms with Crippen LogP contribution in [0.5, 0.6) is 0 Å². The first-order valence-electron chi connectivity index (χ1n) is 7.90. The summed E-state index contributed by atoms with van der Waals surface area (Å²) in [6.45, 7) is 0. The number of carbonyl (C=O) groups is 1. The van der Waals surface area contributed by atoms with Gasteiger partial charge in [0.15, 0.2) is 5.78 Å². The summed E-state index contributed by atoms with van der Waals surface area (Å²) in [5, 5.41) is 0. The Balaban J connectivity index is 1.95. The van der Waals surface area contributed by atoms with Crippen LogP contribution in [0, 0.1) is 0 Å². The molecule has 0 radical (unpaired) electrons. The SMILES string of the molecule is O=C1CCc2cccc(N(c3ccccc3)c3ccccc3)c21. The normalized spacial score (nSPS) is 13.0. The Bertz CT molecular complexity index is 801. The van der Waals surface area contributed by atoms with E-state index in [1.807, 2.05) is 48.5 Å². The number of benzene rings is 3. The molecule has 112 valence electrons. The maximum absolute atomic E-state index is 12.4. The van der Waals surface area contributed by atoms with Gasteiger partial charge in [0.25, 0.3) is 0 Å². The summed E-state index contributed by atoms with van der Waals surface area (Å²) in [4.78, 5) is 14.6. The summed E-state index contributed by atoms with van der Waals surface area (Å²) < 4.78 is 0. The predicted octanol–water partition coefficient (Wildman–Crippen LogP) is 5.29. The lowest BCUT2D eigenvalue weighted by molar-refractivity contribution is 0.0995. The largest absolute Gasteiger partial charge is 0.310 e. The van der Waals surface area contributed by atoms with E-state index in [0.29, 0.717) is 6.42 Å². The van der Waals surface area contributed by atoms with Crippen LogP contribution in [-0.4, -0.2) is 5.78 Å². The van der Waals surface area contributed by atoms with Gasteiger partial charge < -0.3 is 4.90 Å². The van der Waals surface area contributed by atoms with Crippen molar-refractivity contribution in [2.45, 2.75) is 12.8 Å². The molecule has 0 saturated heterocycles. The molecular formula is C21H17NO. The average molecular weight is 299 g/mol. The van der Waals surface area contributed by atoms with Crippen LogP contribution in [-0.2, 0) is 6.42 Å². The highest BCUT2D eigenvalue weighted by atomic mass is 16.1. The monoisotopic (exact) mass is 299 g/mol. The molecule has 0 heterocycles. The summed E-state index contributed by atoms with van der Waals surface area (Å²) in [6, 6.07) is 26.6. The first kappa shape index (κ1) is 13.8. The van der Waals surface area contributed by atoms with E-state index in [-0.39, 0.29) is 5.78 Å². The Morgan fingerprint density at radius 2 is 1.26 bits per heavy atom. The molecule has 0 bridgehead atoms. The third kappa shape index (κ3) is 2.42. The first-order chi connectivity index (χ1) is 11.3. The number of fused-ring (bicyclic) bond motifs is 1. The fourth-order valence-electron chi connectivity index (χ4n) is 3.26. The highest BCUT2D eigenvalue weighted by Gasteiger charge is 2.26. The minimum atomic E-state index is 0.243. The molecule has 0 saturated carbocycles. The van der Waals surface area contributed by atoms with Gasteiger partial charge in [-0.15, -0.1) is 0 Å². The number of anilines is 3. The lowest BCUT2D eigenvalue weighted by Crippen LogP contribution is -2.13. The Hall–Kier alpha value is -2.87. The van der Waals surface area contributed by atoms with Crippen molar-refractivity contribution in [2.24, 2.45) is 0 Å². The third-order valence-corrected chi connectivity index (χ3v) is 4.30. The summed E-state index contributed by atoms with van der Waals surface area (Å²) in [5.74, 6) is 0.243. The third-order valence-electron chi connectivity index (χ3n) is 4.30. The van der Waals surface area contributed by atoms with Crippen LogP contribution < -0.4 is 4.90 Å². The molecule has 23 heavy (non-hydrogen) atoms. The number of hydrogen-bond donors (Lipinski definition) is 0. The number of hydrogen-bond acceptors (Lipinski definition) is 2. The molecule has 2 nitrogen and oxygen atoms in total. The van der Waals surface area contributed by atoms with E-state index in [1.54, 1.807) is 0 Å². The molecule has 0 spiro atoms. The van der Waals surface area contributed by atoms with E-state index in [0.717, 1.165) is 34.6 Å². The molecule has 0 unspecified atom stereocenters. The fourth-order valence-corrected chi connectivity index (χ4v) is 3.26. The topological polar surface area (TPSA) is 20.3 Å². The Morgan fingerprint density at radius 3 is 1.87 bits per heavy atom. The lowest BCUT2D eigenvalue weighted by atomic mass is 10.1. The maximum atomic E-state index is 12.4. The predicted molar refractivity (Wildman–Crippen MR) is 93.8 cm³/mol. The van der Waals surface area contributed by atoms with Gasteiger partial charge in [-0.3, -0.25) is 4.79 Å². The number of aryl methyl sites for hydroxylation is 1. The lowest BCUT2D eigenvalue weighted by Gasteiger charge is -2.27. The highest BCUT2D eigenvalue weighted by molar-refractivity contribution is 6.07. The molecule has 2 heteroatoms. The van der Waals surface area contributed by atoms with Crippen molar-refractivity contribution in [2.75, 3.05) is 4.90 Å². The number of ketones is 1. The average Bonchev–Trinajstić information content (AvgIpc) is 2.99. The van der Waals surface area contributed by atoms with E-state index in [4.69, 9.17) is 0 Å². The quantitative estimate of drug-likeness (QED) is 0.655. The molecule has 0 atom stereocenters. The van der Waals surface area contributed by atoms with Crippen molar-refractivity contribution in [1.29, 1.82) is 0 Å². The minimum absolute atomic E-state index is 0.243. The fraction of sp³-hybridized carbons (Fsp3) is 0.0952. The smallest absolute Gasteiger partial charge is 0.165 e. The summed E-state index contributed by atoms with van der Waals surface area (Å²) in [6.07, 6.45) is 1.46. The van der Waals surface area contributed by atoms with Gasteiger partial charge in [0.05, 0.1) is 5.69 Å². The number of nitrogens with zero attached hydrogens (tertiary/aromatic N) is 1. The summed E-state index contributed by atoms with van der Waals surface area (Å²) in [5.41, 5.74) is 5.13. The van der Waals surface area contributed by atoms with Gasteiger partial charge in [-0.1, -0.05) is 48.5 Å². The molecule has 1 aliphatic carbocycles. The highest BCUT2D eigenvalue weighted by Crippen LogP contribution is 2.39. The standard InChI is InChI=1S/C21H17NO/c23-20-15-14-16-8-7-13-19(21(16)20)22(17-9-3-1-4-10-17)18-11-5-2-6-12-18/h1-13H,14-15H2. The van der Waals surface area contributed by atoms with Gasteiger partial charge in [0.2, 0.25) is 0 Å². The van der Waals surface area contributed by atoms with E-state index in [9.17, 15) is 4.79 Å². The van der Waals surface area contributed by atoms with Crippen LogP contribution in [0.15, 0.2) is 78.9 Å². The molecule has 0 fully saturated rings. The minimum Gasteiger partial charge on any atom is -0.310 e. The van der Waals surface area contributed by atoms with Gasteiger partial charge in [0.1, 0.15) is 0 Å². The molecule has 4 rings (SSSR count). The second-order valence-corrected chi connectivity index (χ2v) is 5.74. The van der Waals surface area contributed by atoms with Gasteiger partial charge in [-0.2, -0.15) is 0 Å². The van der Waals surface area contributed by atoms with Crippen LogP contribution in [0.1, 0.15) is 22.3 Å². The summed E-state index contributed by atoms with van der Waals surface area (Å²) >= 11 is 0. The zero-order valence-corrected chi connectivity index (χ0v) is 12.8. The van der Waals surface area contributed by atoms with E-state index >= 15 is 0 Å². The number of Topliss-reactive ketones (excluding diaryl/α,β-unsaturated/α-hetero) is 1. The maximum Gasteiger partial charge on any atom is 0.165 e. The van der Waals surface area contributed by atoms with Gasteiger partial charge in [-0.05, 0) is 42.3 Å². The van der Waals surface area contributed by atoms with Crippen LogP contribution in [0.3, 0.4) is 0 Å². The van der Waals surface area contributed by atoms with Crippen LogP contribution in [0.25, 0.3) is 0 Å². The van der Waals surface area contributed by atoms with Crippen molar-refractivity contribution in [3.05, 3.63) is 90.0 Å². The van der Waals surface area contributed by atoms with Gasteiger partial charge >= 0.3 is 0 Å². The van der Waals surface area contributed by atoms with E-state index < -0.39 is 0 Å². The first-order valence-corrected chi connectivity index (χ1v) is 7.90. The van der Waals surface area contributed by atoms with Gasteiger partial charge in [-0.25, -0.2) is 0 Å². The molecule has 0 amide bonds. The van der Waals surface area contributed by atoms with Crippen LogP contribution >= 0.6 is 0 Å². The summed E-state index contributed by atoms with van der Waals surface area (Å²) in [7, 11) is 0. The van der Waals surface area contributed by atoms with E-state index in [1.165, 1.54) is 0 Å². The van der Waals surface area contributed by atoms with Crippen molar-refractivity contribution < 1.29 is 4.79 Å². The van der Waals surface area contributed by atoms with Crippen LogP contribution in [0.4, 0.5) is 17.1 Å². The molecule has 3 aromatic rings. The van der Waals surface area contributed by atoms with Crippen LogP contribution in [0.2, 0.25) is 0 Å². The second-order valence-electron chi connectivity index (χ2n) is 5.74. The Morgan fingerprint density at radius 1 is 0.652 bits per heavy atom. The number of carbonyl (C=O) groups excluding carboxylic acids is 1. The molecular weight excluding hydrogens is 282 g/mol. The van der Waals surface area contributed by atoms with Gasteiger partial charge in [0, 0.05) is 23.4 Å². The Labute approximate surface area is 136 Å². The van der Waals surface area contributed by atoms with Crippen molar-refractivity contribution in [1.82, 2.24) is 0 Å². The molecule has 0 aromatic heterocycles. The molecule has 0 aliphatic heterocycles. The zero-order valence-electron chi connectivity index (χ0n) is 12.8. The number of rotatable bonds is 3. The second kappa shape index (κ2) is 5.73. The Kier molecular flexibility index (Phi) is 3.43. The molecule has 0 N–H and O–H groups in total. The van der Waals surface area contributed by atoms with Crippen molar-refractivity contribution in [3.8, 4) is 0 Å². The zero-order chi connectivity index (χ0) is 15.6. The molecule has 3 aromatic carbocycles. The van der Waals surface area contributed by atoms with Crippen molar-refractivity contribution in [3.63, 3.8) is 0 Å².